The van der Waals surface area contributed by atoms with Crippen molar-refractivity contribution in [1.82, 2.24) is 4.90 Å². The summed E-state index contributed by atoms with van der Waals surface area (Å²) in [6.07, 6.45) is 5.30. The summed E-state index contributed by atoms with van der Waals surface area (Å²) in [5.41, 5.74) is 1.69. The smallest absolute Gasteiger partial charge is 0.268 e. The maximum atomic E-state index is 12.5. The maximum Gasteiger partial charge on any atom is 0.293 e. The van der Waals surface area contributed by atoms with Gasteiger partial charge in [0.1, 0.15) is 0 Å². The summed E-state index contributed by atoms with van der Waals surface area (Å²) in [7, 11) is 0. The summed E-state index contributed by atoms with van der Waals surface area (Å²) in [5.74, 6) is -0.321. The summed E-state index contributed by atoms with van der Waals surface area (Å²) >= 11 is 12.9. The molecule has 1 saturated heterocycles. The van der Waals surface area contributed by atoms with E-state index in [1.807, 2.05) is 36.4 Å². The number of carbonyl (C=O) groups excluding carboxylic acids is 2. The molecule has 2 amide bonds. The molecule has 1 fully saturated rings. The molecule has 1 aliphatic heterocycles. The van der Waals surface area contributed by atoms with E-state index in [-0.39, 0.29) is 17.7 Å². The number of benzene rings is 2. The third-order valence-electron chi connectivity index (χ3n) is 3.55. The Bertz CT molecular complexity index is 878. The number of imide groups is 1. The van der Waals surface area contributed by atoms with Gasteiger partial charge in [-0.25, -0.2) is 0 Å². The number of amides is 2. The predicted molar refractivity (Wildman–Crippen MR) is 104 cm³/mol. The molecule has 0 spiro atoms. The molecule has 0 saturated carbocycles. The van der Waals surface area contributed by atoms with Gasteiger partial charge in [-0.3, -0.25) is 14.5 Å². The van der Waals surface area contributed by atoms with Crippen molar-refractivity contribution in [3.05, 3.63) is 86.8 Å². The van der Waals surface area contributed by atoms with E-state index in [2.05, 4.69) is 0 Å². The monoisotopic (exact) mass is 389 g/mol. The van der Waals surface area contributed by atoms with Gasteiger partial charge in [-0.1, -0.05) is 71.8 Å². The van der Waals surface area contributed by atoms with Crippen molar-refractivity contribution < 1.29 is 9.59 Å². The van der Waals surface area contributed by atoms with E-state index in [0.29, 0.717) is 20.5 Å². The number of hydrogen-bond acceptors (Lipinski definition) is 3. The third kappa shape index (κ3) is 4.34. The van der Waals surface area contributed by atoms with Crippen LogP contribution in [0.5, 0.6) is 0 Å². The second kappa shape index (κ2) is 7.91. The van der Waals surface area contributed by atoms with Crippen LogP contribution in [0.1, 0.15) is 11.1 Å². The van der Waals surface area contributed by atoms with Gasteiger partial charge in [0.2, 0.25) is 0 Å². The second-order valence-electron chi connectivity index (χ2n) is 5.30. The quantitative estimate of drug-likeness (QED) is 0.621. The maximum absolute atomic E-state index is 12.5. The zero-order valence-corrected chi connectivity index (χ0v) is 15.3. The summed E-state index contributed by atoms with van der Waals surface area (Å²) in [4.78, 5) is 26.2. The molecule has 3 rings (SSSR count). The highest BCUT2D eigenvalue weighted by molar-refractivity contribution is 8.18. The highest BCUT2D eigenvalue weighted by atomic mass is 35.5. The second-order valence-corrected chi connectivity index (χ2v) is 7.13. The molecule has 0 N–H and O–H groups in total. The van der Waals surface area contributed by atoms with Crippen LogP contribution in [0.3, 0.4) is 0 Å². The number of hydrogen-bond donors (Lipinski definition) is 0. The van der Waals surface area contributed by atoms with Gasteiger partial charge in [0.15, 0.2) is 0 Å². The molecule has 0 radical (unpaired) electrons. The summed E-state index contributed by atoms with van der Waals surface area (Å²) in [6.45, 7) is 0.125. The van der Waals surface area contributed by atoms with Gasteiger partial charge in [0.25, 0.3) is 11.1 Å². The van der Waals surface area contributed by atoms with Crippen molar-refractivity contribution in [3.63, 3.8) is 0 Å². The molecule has 2 aromatic carbocycles. The van der Waals surface area contributed by atoms with Gasteiger partial charge in [-0.15, -0.1) is 0 Å². The highest BCUT2D eigenvalue weighted by Crippen LogP contribution is 2.33. The molecule has 0 atom stereocenters. The van der Waals surface area contributed by atoms with Crippen molar-refractivity contribution in [1.29, 1.82) is 0 Å². The van der Waals surface area contributed by atoms with Gasteiger partial charge in [0, 0.05) is 10.0 Å². The minimum atomic E-state index is -0.321. The summed E-state index contributed by atoms with van der Waals surface area (Å²) in [6, 6.07) is 14.7. The van der Waals surface area contributed by atoms with E-state index < -0.39 is 0 Å². The fourth-order valence-corrected chi connectivity index (χ4v) is 3.54. The van der Waals surface area contributed by atoms with Crippen molar-refractivity contribution >= 4 is 52.2 Å². The van der Waals surface area contributed by atoms with Crippen LogP contribution in [0.2, 0.25) is 10.0 Å². The summed E-state index contributed by atoms with van der Waals surface area (Å²) < 4.78 is 0. The van der Waals surface area contributed by atoms with E-state index in [1.165, 1.54) is 4.90 Å². The van der Waals surface area contributed by atoms with Gasteiger partial charge in [-0.2, -0.15) is 0 Å². The molecule has 0 bridgehead atoms. The first-order valence-corrected chi connectivity index (χ1v) is 9.03. The lowest BCUT2D eigenvalue weighted by Crippen LogP contribution is -2.27. The fourth-order valence-electron chi connectivity index (χ4n) is 2.28. The first-order chi connectivity index (χ1) is 12.0. The van der Waals surface area contributed by atoms with Gasteiger partial charge in [-0.05, 0) is 41.1 Å². The van der Waals surface area contributed by atoms with Crippen molar-refractivity contribution in [2.45, 2.75) is 6.54 Å². The van der Waals surface area contributed by atoms with Crippen LogP contribution in [0.4, 0.5) is 4.79 Å². The molecular weight excluding hydrogens is 377 g/mol. The van der Waals surface area contributed by atoms with Crippen LogP contribution in [0, 0.1) is 0 Å². The summed E-state index contributed by atoms with van der Waals surface area (Å²) in [5, 5.41) is 0.628. The Morgan fingerprint density at radius 2 is 1.80 bits per heavy atom. The van der Waals surface area contributed by atoms with Crippen molar-refractivity contribution in [2.24, 2.45) is 0 Å². The standard InChI is InChI=1S/C19H13Cl2NO2S/c20-15-10-9-14(16(21)11-15)12-22-18(23)17(25-19(22)24)8-4-7-13-5-2-1-3-6-13/h1-11H,12H2/b7-4-,17-8+. The van der Waals surface area contributed by atoms with Crippen LogP contribution in [-0.2, 0) is 11.3 Å². The van der Waals surface area contributed by atoms with Gasteiger partial charge < -0.3 is 0 Å². The Labute approximate surface area is 159 Å². The molecule has 126 valence electrons. The average molecular weight is 390 g/mol. The first kappa shape index (κ1) is 17.8. The van der Waals surface area contributed by atoms with Gasteiger partial charge in [0.05, 0.1) is 11.4 Å². The fraction of sp³-hybridized carbons (Fsp3) is 0.0526. The lowest BCUT2D eigenvalue weighted by Gasteiger charge is -2.13. The Kier molecular flexibility index (Phi) is 5.63. The normalized spacial score (nSPS) is 16.4. The van der Waals surface area contributed by atoms with E-state index in [0.717, 1.165) is 17.3 Å². The predicted octanol–water partition coefficient (Wildman–Crippen LogP) is 5.79. The van der Waals surface area contributed by atoms with Crippen molar-refractivity contribution in [2.75, 3.05) is 0 Å². The number of nitrogens with zero attached hydrogens (tertiary/aromatic N) is 1. The molecule has 25 heavy (non-hydrogen) atoms. The van der Waals surface area contributed by atoms with E-state index in [1.54, 1.807) is 30.4 Å². The lowest BCUT2D eigenvalue weighted by atomic mass is 10.2. The van der Waals surface area contributed by atoms with Crippen LogP contribution in [0.25, 0.3) is 6.08 Å². The van der Waals surface area contributed by atoms with E-state index in [4.69, 9.17) is 23.2 Å². The molecule has 0 aliphatic carbocycles. The third-order valence-corrected chi connectivity index (χ3v) is 5.07. The number of allylic oxidation sites excluding steroid dienone is 2. The average Bonchev–Trinajstić information content (AvgIpc) is 2.86. The SMILES string of the molecule is O=C1S/C(=C/C=C\c2ccccc2)C(=O)N1Cc1ccc(Cl)cc1Cl. The van der Waals surface area contributed by atoms with Crippen molar-refractivity contribution in [3.8, 4) is 0 Å². The Hall–Kier alpha value is -2.01. The van der Waals surface area contributed by atoms with Crippen LogP contribution >= 0.6 is 35.0 Å². The molecule has 0 aromatic heterocycles. The minimum Gasteiger partial charge on any atom is -0.268 e. The highest BCUT2D eigenvalue weighted by Gasteiger charge is 2.34. The molecule has 0 unspecified atom stereocenters. The van der Waals surface area contributed by atoms with Crippen LogP contribution in [-0.4, -0.2) is 16.0 Å². The number of halogens is 2. The molecule has 2 aromatic rings. The molecule has 3 nitrogen and oxygen atoms in total. The Morgan fingerprint density at radius 3 is 2.52 bits per heavy atom. The lowest BCUT2D eigenvalue weighted by molar-refractivity contribution is -0.123. The molecule has 1 aliphatic rings. The number of rotatable bonds is 4. The van der Waals surface area contributed by atoms with Crippen LogP contribution in [0.15, 0.2) is 65.6 Å². The Morgan fingerprint density at radius 1 is 1.04 bits per heavy atom. The molecule has 1 heterocycles. The Balaban J connectivity index is 1.73. The zero-order valence-electron chi connectivity index (χ0n) is 13.0. The first-order valence-electron chi connectivity index (χ1n) is 7.45. The minimum absolute atomic E-state index is 0.125. The number of thioether (sulfide) groups is 1. The van der Waals surface area contributed by atoms with Crippen LogP contribution < -0.4 is 0 Å². The van der Waals surface area contributed by atoms with E-state index in [9.17, 15) is 9.59 Å². The topological polar surface area (TPSA) is 37.4 Å². The molecular formula is C19H13Cl2NO2S. The zero-order chi connectivity index (χ0) is 17.8. The van der Waals surface area contributed by atoms with E-state index >= 15 is 0 Å². The molecule has 6 heteroatoms. The largest absolute Gasteiger partial charge is 0.293 e. The van der Waals surface area contributed by atoms with Gasteiger partial charge >= 0.3 is 0 Å². The number of carbonyl (C=O) groups is 2.